The molecule has 126 valence electrons. The number of hydrogen-bond acceptors (Lipinski definition) is 5. The van der Waals surface area contributed by atoms with Crippen LogP contribution in [0.25, 0.3) is 0 Å². The summed E-state index contributed by atoms with van der Waals surface area (Å²) in [5.41, 5.74) is 4.32. The zero-order valence-corrected chi connectivity index (χ0v) is 15.9. The third-order valence-electron chi connectivity index (χ3n) is 4.54. The molecule has 0 bridgehead atoms. The maximum absolute atomic E-state index is 12.4. The van der Waals surface area contributed by atoms with E-state index in [0.29, 0.717) is 17.1 Å². The van der Waals surface area contributed by atoms with Crippen molar-refractivity contribution < 1.29 is 19.0 Å². The Morgan fingerprint density at radius 1 is 0.960 bits per heavy atom. The molecule has 5 nitrogen and oxygen atoms in total. The van der Waals surface area contributed by atoms with Gasteiger partial charge < -0.3 is 19.5 Å². The number of halogens is 2. The summed E-state index contributed by atoms with van der Waals surface area (Å²) in [6, 6.07) is 9.87. The number of hydrogen-bond donors (Lipinski definition) is 1. The Morgan fingerprint density at radius 2 is 1.68 bits per heavy atom. The molecule has 0 radical (unpaired) electrons. The lowest BCUT2D eigenvalue weighted by Gasteiger charge is -2.27. The fourth-order valence-electron chi connectivity index (χ4n) is 3.52. The SMILES string of the molecule is O=C1OCC2=C1C(c1cc(Br)cc(Br)c1)c1cc3c(cc1N2)OCO3. The molecule has 1 N–H and O–H groups in total. The van der Waals surface area contributed by atoms with E-state index in [4.69, 9.17) is 14.2 Å². The average Bonchev–Trinajstić information content (AvgIpc) is 3.16. The van der Waals surface area contributed by atoms with E-state index in [0.717, 1.165) is 31.5 Å². The lowest BCUT2D eigenvalue weighted by molar-refractivity contribution is -0.136. The van der Waals surface area contributed by atoms with Crippen molar-refractivity contribution in [3.8, 4) is 11.5 Å². The second kappa shape index (κ2) is 5.51. The second-order valence-electron chi connectivity index (χ2n) is 6.02. The van der Waals surface area contributed by atoms with Crippen LogP contribution >= 0.6 is 31.9 Å². The molecule has 0 saturated carbocycles. The number of cyclic esters (lactones) is 1. The number of anilines is 1. The number of carbonyl (C=O) groups excluding carboxylic acids is 1. The van der Waals surface area contributed by atoms with Crippen molar-refractivity contribution in [1.29, 1.82) is 0 Å². The standard InChI is InChI=1S/C18H11Br2NO4/c19-9-1-8(2-10(20)3-9)16-11-4-14-15(25-7-24-14)5-12(11)21-13-6-23-18(22)17(13)16/h1-5,16,21H,6-7H2. The van der Waals surface area contributed by atoms with Gasteiger partial charge >= 0.3 is 5.97 Å². The summed E-state index contributed by atoms with van der Waals surface area (Å²) < 4.78 is 18.2. The van der Waals surface area contributed by atoms with Crippen LogP contribution in [0.5, 0.6) is 11.5 Å². The molecule has 25 heavy (non-hydrogen) atoms. The van der Waals surface area contributed by atoms with Gasteiger partial charge in [-0.3, -0.25) is 0 Å². The fourth-order valence-corrected chi connectivity index (χ4v) is 4.85. The minimum Gasteiger partial charge on any atom is -0.456 e. The van der Waals surface area contributed by atoms with Crippen molar-refractivity contribution in [2.24, 2.45) is 0 Å². The molecular formula is C18H11Br2NO4. The van der Waals surface area contributed by atoms with Gasteiger partial charge in [0.05, 0.1) is 11.3 Å². The molecule has 3 aliphatic rings. The maximum Gasteiger partial charge on any atom is 0.337 e. The first-order valence-electron chi connectivity index (χ1n) is 7.67. The Kier molecular flexibility index (Phi) is 3.36. The van der Waals surface area contributed by atoms with Crippen LogP contribution in [0.3, 0.4) is 0 Å². The number of esters is 1. The number of ether oxygens (including phenoxy) is 3. The summed E-state index contributed by atoms with van der Waals surface area (Å²) in [5, 5.41) is 3.32. The quantitative estimate of drug-likeness (QED) is 0.637. The first kappa shape index (κ1) is 15.3. The molecule has 1 unspecified atom stereocenters. The highest BCUT2D eigenvalue weighted by Gasteiger charge is 2.39. The molecule has 7 heteroatoms. The Hall–Kier alpha value is -1.99. The predicted molar refractivity (Wildman–Crippen MR) is 97.9 cm³/mol. The van der Waals surface area contributed by atoms with Crippen molar-refractivity contribution in [2.75, 3.05) is 18.7 Å². The summed E-state index contributed by atoms with van der Waals surface area (Å²) >= 11 is 7.07. The van der Waals surface area contributed by atoms with Crippen molar-refractivity contribution in [1.82, 2.24) is 0 Å². The van der Waals surface area contributed by atoms with Crippen LogP contribution in [0.4, 0.5) is 5.69 Å². The molecule has 0 saturated heterocycles. The predicted octanol–water partition coefficient (Wildman–Crippen LogP) is 4.31. The van der Waals surface area contributed by atoms with Crippen LogP contribution in [0.1, 0.15) is 17.0 Å². The summed E-state index contributed by atoms with van der Waals surface area (Å²) in [4.78, 5) is 12.4. The number of benzene rings is 2. The van der Waals surface area contributed by atoms with Crippen molar-refractivity contribution in [3.63, 3.8) is 0 Å². The highest BCUT2D eigenvalue weighted by Crippen LogP contribution is 2.49. The number of carbonyl (C=O) groups is 1. The van der Waals surface area contributed by atoms with Crippen LogP contribution in [0.15, 0.2) is 50.5 Å². The van der Waals surface area contributed by atoms with Crippen LogP contribution < -0.4 is 14.8 Å². The van der Waals surface area contributed by atoms with E-state index >= 15 is 0 Å². The zero-order chi connectivity index (χ0) is 17.1. The van der Waals surface area contributed by atoms with Gasteiger partial charge in [0, 0.05) is 26.6 Å². The van der Waals surface area contributed by atoms with E-state index in [2.05, 4.69) is 37.2 Å². The van der Waals surface area contributed by atoms with E-state index in [9.17, 15) is 4.79 Å². The van der Waals surface area contributed by atoms with Crippen molar-refractivity contribution >= 4 is 43.5 Å². The van der Waals surface area contributed by atoms with E-state index in [1.807, 2.05) is 30.3 Å². The fraction of sp³-hybridized carbons (Fsp3) is 0.167. The second-order valence-corrected chi connectivity index (χ2v) is 7.85. The molecule has 3 aliphatic heterocycles. The third kappa shape index (κ3) is 2.37. The summed E-state index contributed by atoms with van der Waals surface area (Å²) in [6.45, 7) is 0.467. The Labute approximate surface area is 160 Å². The van der Waals surface area contributed by atoms with Gasteiger partial charge in [0.2, 0.25) is 6.79 Å². The first-order valence-corrected chi connectivity index (χ1v) is 9.25. The Morgan fingerprint density at radius 3 is 2.44 bits per heavy atom. The zero-order valence-electron chi connectivity index (χ0n) is 12.8. The molecule has 0 fully saturated rings. The third-order valence-corrected chi connectivity index (χ3v) is 5.46. The minimum atomic E-state index is -0.285. The normalized spacial score (nSPS) is 20.1. The Bertz CT molecular complexity index is 950. The van der Waals surface area contributed by atoms with Crippen molar-refractivity contribution in [2.45, 2.75) is 5.92 Å². The van der Waals surface area contributed by atoms with Gasteiger partial charge in [-0.1, -0.05) is 31.9 Å². The summed E-state index contributed by atoms with van der Waals surface area (Å²) in [5.74, 6) is 0.876. The van der Waals surface area contributed by atoms with Crippen LogP contribution in [0, 0.1) is 0 Å². The largest absolute Gasteiger partial charge is 0.456 e. The van der Waals surface area contributed by atoms with Crippen LogP contribution in [-0.2, 0) is 9.53 Å². The molecule has 5 rings (SSSR count). The molecule has 0 spiro atoms. The molecule has 0 amide bonds. The molecule has 2 aromatic rings. The van der Waals surface area contributed by atoms with Gasteiger partial charge in [-0.15, -0.1) is 0 Å². The van der Waals surface area contributed by atoms with E-state index < -0.39 is 0 Å². The van der Waals surface area contributed by atoms with E-state index in [1.54, 1.807) is 0 Å². The molecule has 0 aromatic heterocycles. The average molecular weight is 465 g/mol. The minimum absolute atomic E-state index is 0.209. The van der Waals surface area contributed by atoms with Gasteiger partial charge in [-0.05, 0) is 35.4 Å². The van der Waals surface area contributed by atoms with Gasteiger partial charge in [0.15, 0.2) is 11.5 Å². The lowest BCUT2D eigenvalue weighted by atomic mass is 9.81. The van der Waals surface area contributed by atoms with Gasteiger partial charge in [0.1, 0.15) is 6.61 Å². The van der Waals surface area contributed by atoms with Gasteiger partial charge in [0.25, 0.3) is 0 Å². The topological polar surface area (TPSA) is 56.8 Å². The molecule has 0 aliphatic carbocycles. The van der Waals surface area contributed by atoms with E-state index in [-0.39, 0.29) is 25.3 Å². The molecule has 1 atom stereocenters. The van der Waals surface area contributed by atoms with Crippen LogP contribution in [-0.4, -0.2) is 19.4 Å². The Balaban J connectivity index is 1.75. The lowest BCUT2D eigenvalue weighted by Crippen LogP contribution is -2.19. The van der Waals surface area contributed by atoms with Crippen LogP contribution in [0.2, 0.25) is 0 Å². The smallest absolute Gasteiger partial charge is 0.337 e. The van der Waals surface area contributed by atoms with Gasteiger partial charge in [-0.2, -0.15) is 0 Å². The number of fused-ring (bicyclic) bond motifs is 2. The maximum atomic E-state index is 12.4. The monoisotopic (exact) mass is 463 g/mol. The molecular weight excluding hydrogens is 454 g/mol. The highest BCUT2D eigenvalue weighted by atomic mass is 79.9. The molecule has 3 heterocycles. The molecule has 2 aromatic carbocycles. The summed E-state index contributed by atoms with van der Waals surface area (Å²) in [7, 11) is 0. The summed E-state index contributed by atoms with van der Waals surface area (Å²) in [6.07, 6.45) is 0. The number of rotatable bonds is 1. The number of nitrogens with one attached hydrogen (secondary N) is 1. The van der Waals surface area contributed by atoms with Gasteiger partial charge in [-0.25, -0.2) is 4.79 Å². The highest BCUT2D eigenvalue weighted by molar-refractivity contribution is 9.11. The first-order chi connectivity index (χ1) is 12.1. The van der Waals surface area contributed by atoms with Crippen molar-refractivity contribution in [3.05, 3.63) is 61.7 Å². The van der Waals surface area contributed by atoms with E-state index in [1.165, 1.54) is 0 Å².